The van der Waals surface area contributed by atoms with Gasteiger partial charge in [-0.15, -0.1) is 0 Å². The molecule has 0 N–H and O–H groups in total. The number of hydrogen-bond donors (Lipinski definition) is 0. The predicted octanol–water partition coefficient (Wildman–Crippen LogP) is 0.616. The van der Waals surface area contributed by atoms with Crippen LogP contribution in [0.4, 0.5) is 0 Å². The third kappa shape index (κ3) is 3.35. The maximum absolute atomic E-state index is 12.4. The van der Waals surface area contributed by atoms with Crippen LogP contribution in [-0.2, 0) is 20.0 Å². The Labute approximate surface area is 122 Å². The van der Waals surface area contributed by atoms with Crippen LogP contribution >= 0.6 is 0 Å². The van der Waals surface area contributed by atoms with Gasteiger partial charge in [-0.05, 0) is 19.3 Å². The third-order valence-corrected chi connectivity index (χ3v) is 8.61. The predicted molar refractivity (Wildman–Crippen MR) is 78.4 cm³/mol. The van der Waals surface area contributed by atoms with E-state index in [4.69, 9.17) is 0 Å². The molecule has 0 radical (unpaired) electrons. The van der Waals surface area contributed by atoms with E-state index in [1.54, 1.807) is 0 Å². The van der Waals surface area contributed by atoms with Gasteiger partial charge in [0, 0.05) is 26.2 Å². The lowest BCUT2D eigenvalue weighted by atomic mass is 10.4. The molecule has 2 aliphatic rings. The summed E-state index contributed by atoms with van der Waals surface area (Å²) in [5.74, 6) is 0.141. The van der Waals surface area contributed by atoms with Crippen LogP contribution in [0.2, 0.25) is 0 Å². The van der Waals surface area contributed by atoms with Crippen LogP contribution in [0.15, 0.2) is 0 Å². The van der Waals surface area contributed by atoms with E-state index >= 15 is 0 Å². The minimum Gasteiger partial charge on any atom is -0.212 e. The Morgan fingerprint density at radius 3 is 1.90 bits per heavy atom. The standard InChI is InChI=1S/C12H24N2O4S2/c1-2-11-19(15,16)13-7-9-14(10-8-13)20(17,18)12-5-3-4-6-12/h12H,2-11H2,1H3. The molecule has 0 spiro atoms. The molecule has 2 fully saturated rings. The maximum Gasteiger partial charge on any atom is 0.217 e. The highest BCUT2D eigenvalue weighted by atomic mass is 32.2. The van der Waals surface area contributed by atoms with Crippen molar-refractivity contribution < 1.29 is 16.8 Å². The number of hydrogen-bond acceptors (Lipinski definition) is 4. The lowest BCUT2D eigenvalue weighted by Crippen LogP contribution is -2.52. The van der Waals surface area contributed by atoms with Crippen molar-refractivity contribution in [2.75, 3.05) is 31.9 Å². The molecule has 0 aromatic heterocycles. The molecule has 6 nitrogen and oxygen atoms in total. The molecular weight excluding hydrogens is 300 g/mol. The fourth-order valence-electron chi connectivity index (χ4n) is 2.99. The number of sulfonamides is 2. The molecule has 0 aromatic rings. The first-order valence-corrected chi connectivity index (χ1v) is 10.5. The summed E-state index contributed by atoms with van der Waals surface area (Å²) in [6.07, 6.45) is 4.04. The zero-order chi connectivity index (χ0) is 14.8. The van der Waals surface area contributed by atoms with Gasteiger partial charge in [0.15, 0.2) is 0 Å². The highest BCUT2D eigenvalue weighted by Crippen LogP contribution is 2.27. The second kappa shape index (κ2) is 6.29. The van der Waals surface area contributed by atoms with Gasteiger partial charge in [-0.25, -0.2) is 16.8 Å². The smallest absolute Gasteiger partial charge is 0.212 e. The summed E-state index contributed by atoms with van der Waals surface area (Å²) in [7, 11) is -6.44. The van der Waals surface area contributed by atoms with Gasteiger partial charge in [-0.1, -0.05) is 19.8 Å². The summed E-state index contributed by atoms with van der Waals surface area (Å²) in [4.78, 5) is 0. The van der Waals surface area contributed by atoms with Gasteiger partial charge in [0.05, 0.1) is 11.0 Å². The first-order chi connectivity index (χ1) is 9.38. The zero-order valence-electron chi connectivity index (χ0n) is 12.0. The topological polar surface area (TPSA) is 74.8 Å². The first-order valence-electron chi connectivity index (χ1n) is 7.34. The molecule has 1 aliphatic heterocycles. The van der Waals surface area contributed by atoms with E-state index in [-0.39, 0.29) is 24.1 Å². The average Bonchev–Trinajstić information content (AvgIpc) is 2.93. The molecule has 0 atom stereocenters. The molecule has 1 aliphatic carbocycles. The minimum absolute atomic E-state index is 0.141. The van der Waals surface area contributed by atoms with Crippen LogP contribution < -0.4 is 0 Å². The Hall–Kier alpha value is -0.180. The Balaban J connectivity index is 1.97. The number of piperazine rings is 1. The number of nitrogens with zero attached hydrogens (tertiary/aromatic N) is 2. The van der Waals surface area contributed by atoms with Crippen molar-refractivity contribution in [3.63, 3.8) is 0 Å². The maximum atomic E-state index is 12.4. The fraction of sp³-hybridized carbons (Fsp3) is 1.00. The van der Waals surface area contributed by atoms with Crippen molar-refractivity contribution in [2.24, 2.45) is 0 Å². The summed E-state index contributed by atoms with van der Waals surface area (Å²) < 4.78 is 51.7. The molecule has 1 saturated carbocycles. The molecular formula is C12H24N2O4S2. The van der Waals surface area contributed by atoms with E-state index in [2.05, 4.69) is 0 Å². The van der Waals surface area contributed by atoms with E-state index < -0.39 is 20.0 Å². The molecule has 1 heterocycles. The summed E-state index contributed by atoms with van der Waals surface area (Å²) in [6, 6.07) is 0. The summed E-state index contributed by atoms with van der Waals surface area (Å²) in [5, 5.41) is -0.249. The fourth-order valence-corrected chi connectivity index (χ4v) is 6.50. The molecule has 8 heteroatoms. The largest absolute Gasteiger partial charge is 0.217 e. The van der Waals surface area contributed by atoms with Crippen molar-refractivity contribution in [1.29, 1.82) is 0 Å². The van der Waals surface area contributed by atoms with Crippen LogP contribution in [0.25, 0.3) is 0 Å². The van der Waals surface area contributed by atoms with E-state index in [9.17, 15) is 16.8 Å². The second-order valence-corrected chi connectivity index (χ2v) is 9.87. The van der Waals surface area contributed by atoms with Gasteiger partial charge in [-0.3, -0.25) is 0 Å². The van der Waals surface area contributed by atoms with E-state index in [0.29, 0.717) is 19.5 Å². The zero-order valence-corrected chi connectivity index (χ0v) is 13.6. The Kier molecular flexibility index (Phi) is 5.09. The van der Waals surface area contributed by atoms with Gasteiger partial charge in [0.2, 0.25) is 20.0 Å². The summed E-state index contributed by atoms with van der Waals surface area (Å²) in [5.41, 5.74) is 0. The van der Waals surface area contributed by atoms with Crippen LogP contribution in [-0.4, -0.2) is 62.6 Å². The molecule has 118 valence electrons. The lowest BCUT2D eigenvalue weighted by Gasteiger charge is -2.34. The molecule has 20 heavy (non-hydrogen) atoms. The normalized spacial score (nSPS) is 24.2. The summed E-state index contributed by atoms with van der Waals surface area (Å²) >= 11 is 0. The average molecular weight is 324 g/mol. The van der Waals surface area contributed by atoms with Crippen molar-refractivity contribution in [2.45, 2.75) is 44.3 Å². The van der Waals surface area contributed by atoms with Crippen LogP contribution in [0, 0.1) is 0 Å². The molecule has 2 rings (SSSR count). The molecule has 0 amide bonds. The van der Waals surface area contributed by atoms with Gasteiger partial charge in [0.25, 0.3) is 0 Å². The number of rotatable bonds is 5. The molecule has 0 bridgehead atoms. The Bertz CT molecular complexity index is 516. The highest BCUT2D eigenvalue weighted by molar-refractivity contribution is 7.90. The van der Waals surface area contributed by atoms with Gasteiger partial charge < -0.3 is 0 Å². The van der Waals surface area contributed by atoms with Crippen molar-refractivity contribution in [3.8, 4) is 0 Å². The lowest BCUT2D eigenvalue weighted by molar-refractivity contribution is 0.270. The van der Waals surface area contributed by atoms with Crippen LogP contribution in [0.3, 0.4) is 0 Å². The van der Waals surface area contributed by atoms with Gasteiger partial charge in [-0.2, -0.15) is 8.61 Å². The summed E-state index contributed by atoms with van der Waals surface area (Å²) in [6.45, 7) is 2.99. The van der Waals surface area contributed by atoms with Crippen molar-refractivity contribution in [3.05, 3.63) is 0 Å². The monoisotopic (exact) mass is 324 g/mol. The van der Waals surface area contributed by atoms with Crippen LogP contribution in [0.1, 0.15) is 39.0 Å². The van der Waals surface area contributed by atoms with Crippen molar-refractivity contribution in [1.82, 2.24) is 8.61 Å². The van der Waals surface area contributed by atoms with E-state index in [0.717, 1.165) is 25.7 Å². The van der Waals surface area contributed by atoms with E-state index in [1.165, 1.54) is 8.61 Å². The Morgan fingerprint density at radius 1 is 0.900 bits per heavy atom. The van der Waals surface area contributed by atoms with Crippen LogP contribution in [0.5, 0.6) is 0 Å². The van der Waals surface area contributed by atoms with Gasteiger partial charge >= 0.3 is 0 Å². The second-order valence-electron chi connectivity index (χ2n) is 5.57. The minimum atomic E-state index is -3.23. The third-order valence-electron chi connectivity index (χ3n) is 4.14. The first kappa shape index (κ1) is 16.2. The van der Waals surface area contributed by atoms with Crippen molar-refractivity contribution >= 4 is 20.0 Å². The van der Waals surface area contributed by atoms with E-state index in [1.807, 2.05) is 6.92 Å². The molecule has 0 unspecified atom stereocenters. The van der Waals surface area contributed by atoms with Gasteiger partial charge in [0.1, 0.15) is 0 Å². The highest BCUT2D eigenvalue weighted by Gasteiger charge is 2.37. The SMILES string of the molecule is CCCS(=O)(=O)N1CCN(S(=O)(=O)C2CCCC2)CC1. The quantitative estimate of drug-likeness (QED) is 0.743. The Morgan fingerprint density at radius 2 is 1.40 bits per heavy atom. The molecule has 0 aromatic carbocycles. The molecule has 1 saturated heterocycles.